The minimum absolute atomic E-state index is 0.0164. The van der Waals surface area contributed by atoms with Crippen molar-refractivity contribution in [1.82, 2.24) is 9.80 Å². The zero-order valence-electron chi connectivity index (χ0n) is 15.5. The molecule has 2 rings (SSSR count). The van der Waals surface area contributed by atoms with E-state index in [1.54, 1.807) is 4.90 Å². The van der Waals surface area contributed by atoms with Gasteiger partial charge in [0.25, 0.3) is 5.91 Å². The van der Waals surface area contributed by atoms with Gasteiger partial charge in [-0.15, -0.1) is 0 Å². The minimum Gasteiger partial charge on any atom is -0.337 e. The van der Waals surface area contributed by atoms with Gasteiger partial charge >= 0.3 is 0 Å². The molecule has 25 heavy (non-hydrogen) atoms. The van der Waals surface area contributed by atoms with Crippen molar-refractivity contribution in [2.45, 2.75) is 39.9 Å². The molecular formula is C21H27ClN2O. The third kappa shape index (κ3) is 5.58. The molecule has 0 N–H and O–H groups in total. The molecule has 0 bridgehead atoms. The van der Waals surface area contributed by atoms with Gasteiger partial charge in [-0.1, -0.05) is 42.8 Å². The van der Waals surface area contributed by atoms with E-state index < -0.39 is 0 Å². The summed E-state index contributed by atoms with van der Waals surface area (Å²) in [5.41, 5.74) is 2.96. The molecule has 0 aromatic heterocycles. The molecule has 2 aromatic carbocycles. The first-order valence-electron chi connectivity index (χ1n) is 8.73. The van der Waals surface area contributed by atoms with E-state index in [1.165, 1.54) is 5.56 Å². The van der Waals surface area contributed by atoms with Gasteiger partial charge in [0.05, 0.1) is 0 Å². The molecule has 0 radical (unpaired) electrons. The van der Waals surface area contributed by atoms with E-state index in [-0.39, 0.29) is 5.91 Å². The molecule has 0 heterocycles. The fourth-order valence-electron chi connectivity index (χ4n) is 2.85. The number of carbonyl (C=O) groups is 1. The summed E-state index contributed by atoms with van der Waals surface area (Å²) >= 11 is 6.01. The smallest absolute Gasteiger partial charge is 0.253 e. The van der Waals surface area contributed by atoms with Gasteiger partial charge in [-0.3, -0.25) is 9.69 Å². The van der Waals surface area contributed by atoms with Crippen molar-refractivity contribution in [1.29, 1.82) is 0 Å². The summed E-state index contributed by atoms with van der Waals surface area (Å²) in [6.07, 6.45) is 0. The van der Waals surface area contributed by atoms with E-state index in [0.717, 1.165) is 18.7 Å². The number of amides is 1. The molecule has 0 saturated carbocycles. The van der Waals surface area contributed by atoms with Crippen LogP contribution in [0.1, 0.15) is 42.3 Å². The van der Waals surface area contributed by atoms with Crippen LogP contribution in [0.25, 0.3) is 0 Å². The maximum absolute atomic E-state index is 12.6. The standard InChI is InChI=1S/C21H27ClN2O/c1-5-24(16(2)3)15-17-9-11-19(12-10-17)21(25)23(4)14-18-7-6-8-20(22)13-18/h6-13,16H,5,14-15H2,1-4H3. The number of halogens is 1. The SMILES string of the molecule is CCN(Cc1ccc(C(=O)N(C)Cc2cccc(Cl)c2)cc1)C(C)C. The number of carbonyl (C=O) groups excluding carboxylic acids is 1. The van der Waals surface area contributed by atoms with Crippen LogP contribution in [0.2, 0.25) is 5.02 Å². The summed E-state index contributed by atoms with van der Waals surface area (Å²) in [6, 6.07) is 16.0. The summed E-state index contributed by atoms with van der Waals surface area (Å²) in [5.74, 6) is 0.0164. The van der Waals surface area contributed by atoms with Gasteiger partial charge in [-0.25, -0.2) is 0 Å². The first-order chi connectivity index (χ1) is 11.9. The van der Waals surface area contributed by atoms with Gasteiger partial charge in [-0.05, 0) is 55.8 Å². The van der Waals surface area contributed by atoms with Crippen LogP contribution in [0.5, 0.6) is 0 Å². The highest BCUT2D eigenvalue weighted by atomic mass is 35.5. The van der Waals surface area contributed by atoms with E-state index in [9.17, 15) is 4.79 Å². The lowest BCUT2D eigenvalue weighted by Gasteiger charge is -2.25. The van der Waals surface area contributed by atoms with Crippen LogP contribution >= 0.6 is 11.6 Å². The summed E-state index contributed by atoms with van der Waals surface area (Å²) < 4.78 is 0. The Balaban J connectivity index is 2.01. The Morgan fingerprint density at radius 3 is 2.28 bits per heavy atom. The monoisotopic (exact) mass is 358 g/mol. The number of nitrogens with zero attached hydrogens (tertiary/aromatic N) is 2. The van der Waals surface area contributed by atoms with Crippen LogP contribution in [0.4, 0.5) is 0 Å². The Hall–Kier alpha value is -1.84. The molecule has 134 valence electrons. The van der Waals surface area contributed by atoms with Crippen molar-refractivity contribution in [3.63, 3.8) is 0 Å². The second kappa shape index (κ2) is 9.02. The molecule has 1 amide bonds. The molecule has 0 unspecified atom stereocenters. The van der Waals surface area contributed by atoms with Gasteiger partial charge < -0.3 is 4.90 Å². The molecule has 0 aliphatic rings. The molecule has 2 aromatic rings. The molecule has 3 nitrogen and oxygen atoms in total. The third-order valence-electron chi connectivity index (χ3n) is 4.38. The number of hydrogen-bond donors (Lipinski definition) is 0. The number of hydrogen-bond acceptors (Lipinski definition) is 2. The van der Waals surface area contributed by atoms with Crippen molar-refractivity contribution in [3.05, 3.63) is 70.2 Å². The van der Waals surface area contributed by atoms with Crippen LogP contribution in [0.3, 0.4) is 0 Å². The lowest BCUT2D eigenvalue weighted by Crippen LogP contribution is -2.30. The summed E-state index contributed by atoms with van der Waals surface area (Å²) in [7, 11) is 1.81. The van der Waals surface area contributed by atoms with Crippen LogP contribution < -0.4 is 0 Å². The zero-order valence-corrected chi connectivity index (χ0v) is 16.3. The van der Waals surface area contributed by atoms with Crippen molar-refractivity contribution < 1.29 is 4.79 Å². The number of rotatable bonds is 7. The fourth-order valence-corrected chi connectivity index (χ4v) is 3.06. The molecule has 0 aliphatic carbocycles. The van der Waals surface area contributed by atoms with Gasteiger partial charge in [0.15, 0.2) is 0 Å². The summed E-state index contributed by atoms with van der Waals surface area (Å²) in [4.78, 5) is 16.7. The van der Waals surface area contributed by atoms with E-state index in [2.05, 4.69) is 25.7 Å². The Labute approximate surface area is 156 Å². The molecule has 0 saturated heterocycles. The lowest BCUT2D eigenvalue weighted by molar-refractivity contribution is 0.0785. The van der Waals surface area contributed by atoms with Gasteiger partial charge in [0, 0.05) is 36.8 Å². The Bertz CT molecular complexity index is 697. The molecular weight excluding hydrogens is 332 g/mol. The Morgan fingerprint density at radius 2 is 1.72 bits per heavy atom. The second-order valence-electron chi connectivity index (χ2n) is 6.64. The normalized spacial score (nSPS) is 11.2. The molecule has 0 spiro atoms. The van der Waals surface area contributed by atoms with Gasteiger partial charge in [0.2, 0.25) is 0 Å². The molecule has 0 aliphatic heterocycles. The van der Waals surface area contributed by atoms with Crippen LogP contribution in [-0.2, 0) is 13.1 Å². The molecule has 4 heteroatoms. The highest BCUT2D eigenvalue weighted by molar-refractivity contribution is 6.30. The van der Waals surface area contributed by atoms with Crippen molar-refractivity contribution >= 4 is 17.5 Å². The molecule has 0 fully saturated rings. The largest absolute Gasteiger partial charge is 0.337 e. The predicted octanol–water partition coefficient (Wildman–Crippen LogP) is 4.84. The summed E-state index contributed by atoms with van der Waals surface area (Å²) in [5, 5.41) is 0.688. The second-order valence-corrected chi connectivity index (χ2v) is 7.08. The van der Waals surface area contributed by atoms with Crippen LogP contribution in [0.15, 0.2) is 48.5 Å². The minimum atomic E-state index is 0.0164. The van der Waals surface area contributed by atoms with Crippen LogP contribution in [-0.4, -0.2) is 35.3 Å². The fraction of sp³-hybridized carbons (Fsp3) is 0.381. The highest BCUT2D eigenvalue weighted by Gasteiger charge is 2.13. The van der Waals surface area contributed by atoms with Crippen LogP contribution in [0, 0.1) is 0 Å². The maximum atomic E-state index is 12.6. The van der Waals surface area contributed by atoms with E-state index in [4.69, 9.17) is 11.6 Å². The Morgan fingerprint density at radius 1 is 1.04 bits per heavy atom. The van der Waals surface area contributed by atoms with E-state index in [0.29, 0.717) is 23.2 Å². The first kappa shape index (κ1) is 19.5. The van der Waals surface area contributed by atoms with Gasteiger partial charge in [-0.2, -0.15) is 0 Å². The van der Waals surface area contributed by atoms with Crippen molar-refractivity contribution in [2.24, 2.45) is 0 Å². The average molecular weight is 359 g/mol. The highest BCUT2D eigenvalue weighted by Crippen LogP contribution is 2.15. The Kier molecular flexibility index (Phi) is 7.03. The van der Waals surface area contributed by atoms with E-state index in [1.807, 2.05) is 55.6 Å². The number of benzene rings is 2. The van der Waals surface area contributed by atoms with Crippen molar-refractivity contribution in [2.75, 3.05) is 13.6 Å². The third-order valence-corrected chi connectivity index (χ3v) is 4.61. The zero-order chi connectivity index (χ0) is 18.4. The topological polar surface area (TPSA) is 23.6 Å². The van der Waals surface area contributed by atoms with Crippen molar-refractivity contribution in [3.8, 4) is 0 Å². The van der Waals surface area contributed by atoms with E-state index >= 15 is 0 Å². The molecule has 0 atom stereocenters. The quantitative estimate of drug-likeness (QED) is 0.706. The average Bonchev–Trinajstić information content (AvgIpc) is 2.59. The summed E-state index contributed by atoms with van der Waals surface area (Å²) in [6.45, 7) is 9.03. The maximum Gasteiger partial charge on any atom is 0.253 e. The predicted molar refractivity (Wildman–Crippen MR) is 105 cm³/mol. The lowest BCUT2D eigenvalue weighted by atomic mass is 10.1. The van der Waals surface area contributed by atoms with Gasteiger partial charge in [0.1, 0.15) is 0 Å². The first-order valence-corrected chi connectivity index (χ1v) is 9.11.